The summed E-state index contributed by atoms with van der Waals surface area (Å²) >= 11 is 0. The Kier molecular flexibility index (Phi) is 6.25. The van der Waals surface area contributed by atoms with E-state index in [0.717, 1.165) is 31.7 Å². The molecule has 0 spiro atoms. The summed E-state index contributed by atoms with van der Waals surface area (Å²) in [5, 5.41) is 13.3. The maximum atomic E-state index is 9.78. The largest absolute Gasteiger partial charge is 0.508 e. The van der Waals surface area contributed by atoms with Crippen molar-refractivity contribution in [2.45, 2.75) is 25.6 Å². The molecule has 0 saturated carbocycles. The molecule has 0 aromatic heterocycles. The number of nitrogens with zero attached hydrogens (tertiary/aromatic N) is 1. The van der Waals surface area contributed by atoms with Gasteiger partial charge in [-0.2, -0.15) is 0 Å². The van der Waals surface area contributed by atoms with Crippen LogP contribution in [0.15, 0.2) is 54.6 Å². The number of halogens is 1. The average Bonchev–Trinajstić information content (AvgIpc) is 2.95. The van der Waals surface area contributed by atoms with Gasteiger partial charge in [0, 0.05) is 37.8 Å². The molecule has 1 aliphatic rings. The summed E-state index contributed by atoms with van der Waals surface area (Å²) in [6, 6.07) is 18.7. The van der Waals surface area contributed by atoms with Gasteiger partial charge in [0.2, 0.25) is 0 Å². The standard InChI is InChI=1S/C18H22N2O.ClH/c21-18-9-5-4-8-16(18)12-19-17-10-11-20(14-17)13-15-6-2-1-3-7-15;/h1-9,17,19,21H,10-14H2;1H. The third kappa shape index (κ3) is 4.47. The van der Waals surface area contributed by atoms with Gasteiger partial charge in [0.1, 0.15) is 5.75 Å². The molecule has 1 aliphatic heterocycles. The second-order valence-corrected chi connectivity index (χ2v) is 5.72. The fourth-order valence-electron chi connectivity index (χ4n) is 2.90. The first-order chi connectivity index (χ1) is 10.3. The van der Waals surface area contributed by atoms with Crippen LogP contribution in [-0.4, -0.2) is 29.1 Å². The van der Waals surface area contributed by atoms with Crippen LogP contribution in [0.4, 0.5) is 0 Å². The SMILES string of the molecule is Cl.Oc1ccccc1CNC1CCN(Cc2ccccc2)C1. The fraction of sp³-hybridized carbons (Fsp3) is 0.333. The van der Waals surface area contributed by atoms with Crippen LogP contribution >= 0.6 is 12.4 Å². The van der Waals surface area contributed by atoms with Crippen molar-refractivity contribution in [2.75, 3.05) is 13.1 Å². The molecule has 2 aromatic rings. The molecule has 0 aliphatic carbocycles. The summed E-state index contributed by atoms with van der Waals surface area (Å²) in [7, 11) is 0. The van der Waals surface area contributed by atoms with E-state index in [1.54, 1.807) is 6.07 Å². The highest BCUT2D eigenvalue weighted by Crippen LogP contribution is 2.17. The molecular formula is C18H23ClN2O. The molecule has 4 heteroatoms. The van der Waals surface area contributed by atoms with Crippen molar-refractivity contribution in [1.82, 2.24) is 10.2 Å². The van der Waals surface area contributed by atoms with Crippen molar-refractivity contribution in [3.63, 3.8) is 0 Å². The van der Waals surface area contributed by atoms with Crippen LogP contribution in [0.2, 0.25) is 0 Å². The molecule has 2 aromatic carbocycles. The zero-order valence-corrected chi connectivity index (χ0v) is 13.4. The number of hydrogen-bond donors (Lipinski definition) is 2. The third-order valence-corrected chi connectivity index (χ3v) is 4.09. The number of hydrogen-bond acceptors (Lipinski definition) is 3. The first-order valence-electron chi connectivity index (χ1n) is 7.58. The van der Waals surface area contributed by atoms with Crippen molar-refractivity contribution >= 4 is 12.4 Å². The second-order valence-electron chi connectivity index (χ2n) is 5.72. The highest BCUT2D eigenvalue weighted by molar-refractivity contribution is 5.85. The average molecular weight is 319 g/mol. The lowest BCUT2D eigenvalue weighted by atomic mass is 10.2. The van der Waals surface area contributed by atoms with Gasteiger partial charge in [-0.15, -0.1) is 12.4 Å². The number of aromatic hydroxyl groups is 1. The number of phenolic OH excluding ortho intramolecular Hbond substituents is 1. The van der Waals surface area contributed by atoms with Crippen molar-refractivity contribution in [3.8, 4) is 5.75 Å². The van der Waals surface area contributed by atoms with Crippen LogP contribution in [0.5, 0.6) is 5.75 Å². The van der Waals surface area contributed by atoms with Crippen LogP contribution in [0.3, 0.4) is 0 Å². The fourth-order valence-corrected chi connectivity index (χ4v) is 2.90. The Morgan fingerprint density at radius 2 is 1.77 bits per heavy atom. The van der Waals surface area contributed by atoms with Crippen LogP contribution in [0.1, 0.15) is 17.5 Å². The van der Waals surface area contributed by atoms with Gasteiger partial charge in [0.05, 0.1) is 0 Å². The molecule has 22 heavy (non-hydrogen) atoms. The maximum absolute atomic E-state index is 9.78. The minimum atomic E-state index is 0. The molecule has 1 heterocycles. The molecule has 2 N–H and O–H groups in total. The summed E-state index contributed by atoms with van der Waals surface area (Å²) in [6.45, 7) is 3.96. The van der Waals surface area contributed by atoms with Gasteiger partial charge in [-0.05, 0) is 18.1 Å². The Morgan fingerprint density at radius 3 is 2.55 bits per heavy atom. The van der Waals surface area contributed by atoms with E-state index in [1.165, 1.54) is 12.0 Å². The van der Waals surface area contributed by atoms with Crippen molar-refractivity contribution in [3.05, 3.63) is 65.7 Å². The quantitative estimate of drug-likeness (QED) is 0.889. The molecule has 1 fully saturated rings. The normalized spacial score (nSPS) is 18.1. The highest BCUT2D eigenvalue weighted by Gasteiger charge is 2.21. The van der Waals surface area contributed by atoms with Crippen molar-refractivity contribution in [2.24, 2.45) is 0 Å². The lowest BCUT2D eigenvalue weighted by Gasteiger charge is -2.17. The molecule has 3 rings (SSSR count). The van der Waals surface area contributed by atoms with E-state index in [-0.39, 0.29) is 12.4 Å². The summed E-state index contributed by atoms with van der Waals surface area (Å²) in [5.74, 6) is 0.379. The van der Waals surface area contributed by atoms with Gasteiger partial charge >= 0.3 is 0 Å². The van der Waals surface area contributed by atoms with E-state index < -0.39 is 0 Å². The third-order valence-electron chi connectivity index (χ3n) is 4.09. The van der Waals surface area contributed by atoms with E-state index in [4.69, 9.17) is 0 Å². The van der Waals surface area contributed by atoms with E-state index in [1.807, 2.05) is 18.2 Å². The molecule has 1 unspecified atom stereocenters. The van der Waals surface area contributed by atoms with E-state index in [0.29, 0.717) is 11.8 Å². The zero-order chi connectivity index (χ0) is 14.5. The molecule has 1 atom stereocenters. The monoisotopic (exact) mass is 318 g/mol. The summed E-state index contributed by atoms with van der Waals surface area (Å²) in [5.41, 5.74) is 2.35. The van der Waals surface area contributed by atoms with Crippen LogP contribution < -0.4 is 5.32 Å². The van der Waals surface area contributed by atoms with Crippen LogP contribution in [0.25, 0.3) is 0 Å². The minimum Gasteiger partial charge on any atom is -0.508 e. The maximum Gasteiger partial charge on any atom is 0.120 e. The Hall–Kier alpha value is -1.55. The van der Waals surface area contributed by atoms with Crippen LogP contribution in [0, 0.1) is 0 Å². The van der Waals surface area contributed by atoms with Crippen molar-refractivity contribution in [1.29, 1.82) is 0 Å². The number of para-hydroxylation sites is 1. The Morgan fingerprint density at radius 1 is 1.05 bits per heavy atom. The second kappa shape index (κ2) is 8.18. The molecule has 0 amide bonds. The van der Waals surface area contributed by atoms with Gasteiger partial charge in [-0.3, -0.25) is 4.90 Å². The number of benzene rings is 2. The van der Waals surface area contributed by atoms with Gasteiger partial charge in [-0.1, -0.05) is 48.5 Å². The summed E-state index contributed by atoms with van der Waals surface area (Å²) in [6.07, 6.45) is 1.17. The minimum absolute atomic E-state index is 0. The first kappa shape index (κ1) is 16.8. The van der Waals surface area contributed by atoms with Gasteiger partial charge < -0.3 is 10.4 Å². The van der Waals surface area contributed by atoms with Crippen LogP contribution in [-0.2, 0) is 13.1 Å². The molecule has 0 bridgehead atoms. The molecule has 1 saturated heterocycles. The number of rotatable bonds is 5. The Bertz CT molecular complexity index is 576. The molecular weight excluding hydrogens is 296 g/mol. The predicted octanol–water partition coefficient (Wildman–Crippen LogP) is 3.18. The lowest BCUT2D eigenvalue weighted by molar-refractivity contribution is 0.319. The van der Waals surface area contributed by atoms with Gasteiger partial charge in [-0.25, -0.2) is 0 Å². The molecule has 118 valence electrons. The summed E-state index contributed by atoms with van der Waals surface area (Å²) < 4.78 is 0. The predicted molar refractivity (Wildman–Crippen MR) is 92.3 cm³/mol. The number of phenols is 1. The number of likely N-dealkylation sites (tertiary alicyclic amines) is 1. The van der Waals surface area contributed by atoms with Gasteiger partial charge in [0.15, 0.2) is 0 Å². The molecule has 0 radical (unpaired) electrons. The van der Waals surface area contributed by atoms with E-state index in [9.17, 15) is 5.11 Å². The summed E-state index contributed by atoms with van der Waals surface area (Å²) in [4.78, 5) is 2.48. The Balaban J connectivity index is 0.00000176. The lowest BCUT2D eigenvalue weighted by Crippen LogP contribution is -2.31. The van der Waals surface area contributed by atoms with E-state index >= 15 is 0 Å². The van der Waals surface area contributed by atoms with E-state index in [2.05, 4.69) is 40.5 Å². The van der Waals surface area contributed by atoms with Gasteiger partial charge in [0.25, 0.3) is 0 Å². The molecule has 3 nitrogen and oxygen atoms in total. The first-order valence-corrected chi connectivity index (χ1v) is 7.58. The topological polar surface area (TPSA) is 35.5 Å². The van der Waals surface area contributed by atoms with Crippen molar-refractivity contribution < 1.29 is 5.11 Å². The number of nitrogens with one attached hydrogen (secondary N) is 1. The zero-order valence-electron chi connectivity index (χ0n) is 12.6. The Labute approximate surface area is 138 Å². The highest BCUT2D eigenvalue weighted by atomic mass is 35.5. The smallest absolute Gasteiger partial charge is 0.120 e.